The summed E-state index contributed by atoms with van der Waals surface area (Å²) in [5.74, 6) is 1.05. The Bertz CT molecular complexity index is 2800. The zero-order chi connectivity index (χ0) is 43.3. The van der Waals surface area contributed by atoms with Gasteiger partial charge in [-0.3, -0.25) is 4.98 Å². The van der Waals surface area contributed by atoms with Crippen molar-refractivity contribution >= 4 is 42.5 Å². The zero-order valence-corrected chi connectivity index (χ0v) is 33.9. The van der Waals surface area contributed by atoms with Crippen LogP contribution in [-0.4, -0.2) is 14.5 Å². The van der Waals surface area contributed by atoms with E-state index in [9.17, 15) is 0 Å². The third-order valence-corrected chi connectivity index (χ3v) is 10.3. The molecule has 0 N–H and O–H groups in total. The largest absolute Gasteiger partial charge is 0.333 e. The molecule has 0 bridgehead atoms. The van der Waals surface area contributed by atoms with E-state index in [1.807, 2.05) is 54.6 Å². The topological polar surface area (TPSA) is 30.7 Å². The molecule has 8 rings (SSSR count). The molecule has 0 atom stereocenters. The minimum Gasteiger partial charge on any atom is -0.333 e. The van der Waals surface area contributed by atoms with Crippen LogP contribution in [0.5, 0.6) is 0 Å². The molecule has 0 spiro atoms. The number of imidazole rings is 1. The van der Waals surface area contributed by atoms with Crippen molar-refractivity contribution in [2.24, 2.45) is 5.92 Å². The molecule has 1 radical (unpaired) electrons. The standard InChI is InChI=1S/C32H29N2S.C16H18N.Ir/c1-19(2)22-12-10-13-23(20(3)4)30(22)34-27-15-8-7-14-26(27)33-32(34)25-18-17-21(5)29-24-11-6-9-16-28(24)35-31(25)29;1-12(2)9-15-10-16(17-11-13(15)3)14-7-5-4-6-8-14;/h6-17,19-20H,1-5H3;4-7,10-12H,9H2,1-3H3;/q2*-1;/i5D3;3D3,9D2;. The van der Waals surface area contributed by atoms with E-state index < -0.39 is 20.1 Å². The van der Waals surface area contributed by atoms with Crippen LogP contribution in [0.2, 0.25) is 0 Å². The molecule has 0 saturated carbocycles. The zero-order valence-electron chi connectivity index (χ0n) is 38.7. The maximum Gasteiger partial charge on any atom is 0.0774 e. The maximum absolute atomic E-state index is 8.28. The second-order valence-corrected chi connectivity index (χ2v) is 15.0. The van der Waals surface area contributed by atoms with Crippen molar-refractivity contribution in [3.8, 4) is 28.3 Å². The number of aromatic nitrogens is 3. The number of thiophene rings is 1. The maximum atomic E-state index is 8.28. The van der Waals surface area contributed by atoms with Crippen LogP contribution in [0.3, 0.4) is 0 Å². The number of aryl methyl sites for hydroxylation is 2. The van der Waals surface area contributed by atoms with Gasteiger partial charge in [-0.1, -0.05) is 120 Å². The molecule has 0 saturated heterocycles. The van der Waals surface area contributed by atoms with Gasteiger partial charge >= 0.3 is 0 Å². The molecule has 8 aromatic rings. The summed E-state index contributed by atoms with van der Waals surface area (Å²) in [7, 11) is 0. The molecule has 53 heavy (non-hydrogen) atoms. The molecule has 0 fully saturated rings. The van der Waals surface area contributed by atoms with Crippen LogP contribution in [-0.2, 0) is 26.5 Å². The normalized spacial score (nSPS) is 14.4. The summed E-state index contributed by atoms with van der Waals surface area (Å²) in [6.07, 6.45) is -0.491. The molecular formula is C48H47IrN3S-2. The average molecular weight is 898 g/mol. The molecule has 3 aromatic heterocycles. The van der Waals surface area contributed by atoms with Gasteiger partial charge < -0.3 is 9.55 Å². The van der Waals surface area contributed by atoms with Gasteiger partial charge in [0.2, 0.25) is 0 Å². The fourth-order valence-corrected chi connectivity index (χ4v) is 7.93. The molecule has 5 aromatic carbocycles. The van der Waals surface area contributed by atoms with Crippen molar-refractivity contribution in [1.29, 1.82) is 0 Å². The molecule has 271 valence electrons. The first kappa shape index (κ1) is 29.0. The molecule has 3 nitrogen and oxygen atoms in total. The van der Waals surface area contributed by atoms with Crippen molar-refractivity contribution in [2.45, 2.75) is 73.5 Å². The minimum atomic E-state index is -2.40. The first-order valence-corrected chi connectivity index (χ1v) is 18.6. The number of fused-ring (bicyclic) bond motifs is 4. The van der Waals surface area contributed by atoms with Gasteiger partial charge in [-0.15, -0.1) is 53.6 Å². The summed E-state index contributed by atoms with van der Waals surface area (Å²) in [6, 6.07) is 39.7. The number of hydrogen-bond acceptors (Lipinski definition) is 3. The van der Waals surface area contributed by atoms with Gasteiger partial charge in [0.1, 0.15) is 0 Å². The molecule has 0 unspecified atom stereocenters. The third kappa shape index (κ3) is 7.67. The Morgan fingerprint density at radius 1 is 0.811 bits per heavy atom. The van der Waals surface area contributed by atoms with Crippen LogP contribution in [0.4, 0.5) is 0 Å². The fraction of sp³-hybridized carbons (Fsp3) is 0.250. The predicted molar refractivity (Wildman–Crippen MR) is 223 cm³/mol. The minimum absolute atomic E-state index is 0. The van der Waals surface area contributed by atoms with Crippen molar-refractivity contribution in [1.82, 2.24) is 14.5 Å². The molecule has 0 aliphatic heterocycles. The van der Waals surface area contributed by atoms with Gasteiger partial charge in [0.15, 0.2) is 0 Å². The van der Waals surface area contributed by atoms with Gasteiger partial charge in [0.05, 0.1) is 16.9 Å². The van der Waals surface area contributed by atoms with Crippen molar-refractivity contribution < 1.29 is 31.1 Å². The van der Waals surface area contributed by atoms with E-state index in [0.29, 0.717) is 28.7 Å². The van der Waals surface area contributed by atoms with E-state index in [-0.39, 0.29) is 37.2 Å². The van der Waals surface area contributed by atoms with Crippen LogP contribution in [0, 0.1) is 31.8 Å². The summed E-state index contributed by atoms with van der Waals surface area (Å²) in [4.78, 5) is 9.36. The monoisotopic (exact) mass is 898 g/mol. The second kappa shape index (κ2) is 16.3. The van der Waals surface area contributed by atoms with E-state index in [1.54, 1.807) is 37.3 Å². The summed E-state index contributed by atoms with van der Waals surface area (Å²) >= 11 is 1.61. The first-order valence-electron chi connectivity index (χ1n) is 21.8. The number of rotatable bonds is 7. The molecule has 3 heterocycles. The van der Waals surface area contributed by atoms with Crippen LogP contribution < -0.4 is 0 Å². The van der Waals surface area contributed by atoms with E-state index in [0.717, 1.165) is 48.3 Å². The van der Waals surface area contributed by atoms with Gasteiger partial charge in [-0.05, 0) is 81.6 Å². The van der Waals surface area contributed by atoms with Crippen LogP contribution >= 0.6 is 11.3 Å². The summed E-state index contributed by atoms with van der Waals surface area (Å²) in [5.41, 5.74) is 8.13. The fourth-order valence-electron chi connectivity index (χ4n) is 6.71. The predicted octanol–water partition coefficient (Wildman–Crippen LogP) is 13.5. The first-order chi connectivity index (χ1) is 28.3. The summed E-state index contributed by atoms with van der Waals surface area (Å²) in [6.45, 7) is 7.73. The Morgan fingerprint density at radius 2 is 1.53 bits per heavy atom. The third-order valence-electron chi connectivity index (χ3n) is 9.14. The number of pyridine rings is 1. The Kier molecular flexibility index (Phi) is 8.93. The smallest absolute Gasteiger partial charge is 0.0774 e. The van der Waals surface area contributed by atoms with E-state index in [1.165, 1.54) is 23.4 Å². The summed E-state index contributed by atoms with van der Waals surface area (Å²) < 4.78 is 68.5. The van der Waals surface area contributed by atoms with Gasteiger partial charge in [0.25, 0.3) is 0 Å². The van der Waals surface area contributed by atoms with E-state index >= 15 is 0 Å². The number of hydrogen-bond donors (Lipinski definition) is 0. The summed E-state index contributed by atoms with van der Waals surface area (Å²) in [5, 5.41) is 1.74. The van der Waals surface area contributed by atoms with E-state index in [2.05, 4.69) is 79.7 Å². The Hall–Kier alpha value is -4.41. The van der Waals surface area contributed by atoms with Crippen molar-refractivity contribution in [2.75, 3.05) is 0 Å². The van der Waals surface area contributed by atoms with Gasteiger partial charge in [-0.25, -0.2) is 0 Å². The second-order valence-electron chi connectivity index (χ2n) is 13.9. The molecule has 0 aliphatic rings. The molecule has 5 heteroatoms. The van der Waals surface area contributed by atoms with Crippen molar-refractivity contribution in [3.63, 3.8) is 0 Å². The van der Waals surface area contributed by atoms with Gasteiger partial charge in [0, 0.05) is 47.7 Å². The SMILES string of the molecule is [2H]C([2H])([2H])c1c[c-]c(-c2nc3ccccc3n2-c2c(C(C)C)cccc2C(C)C)c2sc3ccccc3c12.[2H]C([2H])([2H])c1cnc(-c2[c-]cccc2)cc1C([2H])([2H])C(C)C.[Ir]. The van der Waals surface area contributed by atoms with Gasteiger partial charge in [-0.2, -0.15) is 11.3 Å². The molecule has 0 aliphatic carbocycles. The number of benzene rings is 5. The number of para-hydroxylation sites is 3. The Morgan fingerprint density at radius 3 is 2.23 bits per heavy atom. The van der Waals surface area contributed by atoms with Crippen LogP contribution in [0.25, 0.3) is 59.5 Å². The molecular weight excluding hydrogens is 843 g/mol. The van der Waals surface area contributed by atoms with E-state index in [4.69, 9.17) is 16.0 Å². The van der Waals surface area contributed by atoms with Crippen LogP contribution in [0.1, 0.15) is 92.2 Å². The van der Waals surface area contributed by atoms with Crippen molar-refractivity contribution in [3.05, 3.63) is 149 Å². The molecule has 0 amide bonds. The number of nitrogens with zero attached hydrogens (tertiary/aromatic N) is 3. The quantitative estimate of drug-likeness (QED) is 0.149. The Labute approximate surface area is 343 Å². The average Bonchev–Trinajstić information content (AvgIpc) is 3.79. The van der Waals surface area contributed by atoms with Crippen LogP contribution in [0.15, 0.2) is 109 Å². The Balaban J connectivity index is 0.000000232.